The first-order chi connectivity index (χ1) is 4.68. The average molecular weight is 138 g/mol. The van der Waals surface area contributed by atoms with Crippen LogP contribution in [-0.2, 0) is 4.79 Å². The number of ketones is 1. The average Bonchev–Trinajstić information content (AvgIpc) is 2.13. The molecule has 1 nitrogen and oxygen atoms in total. The van der Waals surface area contributed by atoms with E-state index in [1.54, 1.807) is 6.92 Å². The van der Waals surface area contributed by atoms with Crippen LogP contribution in [0.15, 0.2) is 12.2 Å². The Hall–Kier alpha value is -0.590. The summed E-state index contributed by atoms with van der Waals surface area (Å²) in [7, 11) is 0. The van der Waals surface area contributed by atoms with E-state index >= 15 is 0 Å². The monoisotopic (exact) mass is 138 g/mol. The third-order valence-corrected chi connectivity index (χ3v) is 2.06. The maximum Gasteiger partial charge on any atom is 0.130 e. The van der Waals surface area contributed by atoms with Crippen molar-refractivity contribution in [1.29, 1.82) is 0 Å². The van der Waals surface area contributed by atoms with Crippen LogP contribution in [-0.4, -0.2) is 5.78 Å². The van der Waals surface area contributed by atoms with Gasteiger partial charge in [0.05, 0.1) is 0 Å². The van der Waals surface area contributed by atoms with Crippen molar-refractivity contribution in [2.45, 2.75) is 32.6 Å². The summed E-state index contributed by atoms with van der Waals surface area (Å²) in [6.45, 7) is 5.57. The minimum Gasteiger partial charge on any atom is -0.300 e. The Kier molecular flexibility index (Phi) is 2.25. The third kappa shape index (κ3) is 1.98. The number of carbonyl (C=O) groups is 1. The number of carbonyl (C=O) groups excluding carboxylic acids is 1. The fraction of sp³-hybridized carbons (Fsp3) is 0.667. The Morgan fingerprint density at radius 3 is 2.90 bits per heavy atom. The van der Waals surface area contributed by atoms with E-state index < -0.39 is 0 Å². The maximum atomic E-state index is 10.7. The zero-order valence-electron chi connectivity index (χ0n) is 6.52. The Labute approximate surface area is 62.1 Å². The van der Waals surface area contributed by atoms with Gasteiger partial charge >= 0.3 is 0 Å². The lowest BCUT2D eigenvalue weighted by Crippen LogP contribution is -2.00. The first kappa shape index (κ1) is 7.52. The molecular formula is C9H14O. The highest BCUT2D eigenvalue weighted by Crippen LogP contribution is 2.31. The Bertz CT molecular complexity index is 158. The fourth-order valence-corrected chi connectivity index (χ4v) is 1.60. The second-order valence-corrected chi connectivity index (χ2v) is 3.26. The fourth-order valence-electron chi connectivity index (χ4n) is 1.60. The molecule has 0 saturated heterocycles. The van der Waals surface area contributed by atoms with Gasteiger partial charge < -0.3 is 4.79 Å². The van der Waals surface area contributed by atoms with Gasteiger partial charge in [-0.1, -0.05) is 12.2 Å². The number of rotatable bonds is 2. The van der Waals surface area contributed by atoms with Crippen molar-refractivity contribution in [2.75, 3.05) is 0 Å². The predicted molar refractivity (Wildman–Crippen MR) is 41.8 cm³/mol. The van der Waals surface area contributed by atoms with E-state index in [1.807, 2.05) is 0 Å². The highest BCUT2D eigenvalue weighted by Gasteiger charge is 2.18. The van der Waals surface area contributed by atoms with Crippen molar-refractivity contribution in [3.63, 3.8) is 0 Å². The summed E-state index contributed by atoms with van der Waals surface area (Å²) in [5.41, 5.74) is 1.33. The summed E-state index contributed by atoms with van der Waals surface area (Å²) in [5, 5.41) is 0. The van der Waals surface area contributed by atoms with Crippen LogP contribution in [0.1, 0.15) is 32.6 Å². The molecule has 1 atom stereocenters. The molecule has 10 heavy (non-hydrogen) atoms. The number of hydrogen-bond donors (Lipinski definition) is 0. The van der Waals surface area contributed by atoms with Gasteiger partial charge in [-0.25, -0.2) is 0 Å². The largest absolute Gasteiger partial charge is 0.300 e. The summed E-state index contributed by atoms with van der Waals surface area (Å²) in [4.78, 5) is 10.7. The molecule has 0 aliphatic heterocycles. The molecule has 0 heterocycles. The molecule has 1 aliphatic rings. The second kappa shape index (κ2) is 3.00. The SMILES string of the molecule is C=C1CCC(CC(C)=O)C1. The molecule has 0 aromatic heterocycles. The van der Waals surface area contributed by atoms with Crippen molar-refractivity contribution in [3.8, 4) is 0 Å². The van der Waals surface area contributed by atoms with Crippen LogP contribution in [0.5, 0.6) is 0 Å². The maximum absolute atomic E-state index is 10.7. The van der Waals surface area contributed by atoms with Crippen LogP contribution in [0.3, 0.4) is 0 Å². The highest BCUT2D eigenvalue weighted by molar-refractivity contribution is 5.75. The Morgan fingerprint density at radius 1 is 1.80 bits per heavy atom. The van der Waals surface area contributed by atoms with Gasteiger partial charge in [-0.2, -0.15) is 0 Å². The lowest BCUT2D eigenvalue weighted by Gasteiger charge is -2.02. The number of hydrogen-bond acceptors (Lipinski definition) is 1. The zero-order valence-corrected chi connectivity index (χ0v) is 6.52. The Balaban J connectivity index is 2.31. The van der Waals surface area contributed by atoms with Crippen LogP contribution >= 0.6 is 0 Å². The van der Waals surface area contributed by atoms with Crippen LogP contribution < -0.4 is 0 Å². The van der Waals surface area contributed by atoms with E-state index in [0.29, 0.717) is 11.7 Å². The molecule has 1 heteroatoms. The summed E-state index contributed by atoms with van der Waals surface area (Å²) >= 11 is 0. The van der Waals surface area contributed by atoms with Crippen molar-refractivity contribution < 1.29 is 4.79 Å². The molecule has 1 fully saturated rings. The molecule has 0 bridgehead atoms. The molecule has 0 aromatic rings. The summed E-state index contributed by atoms with van der Waals surface area (Å²) < 4.78 is 0. The van der Waals surface area contributed by atoms with Gasteiger partial charge in [-0.3, -0.25) is 0 Å². The number of allylic oxidation sites excluding steroid dienone is 1. The third-order valence-electron chi connectivity index (χ3n) is 2.06. The molecule has 0 aromatic carbocycles. The standard InChI is InChI=1S/C9H14O/c1-7-3-4-9(5-7)6-8(2)10/h9H,1,3-6H2,2H3. The summed E-state index contributed by atoms with van der Waals surface area (Å²) in [6.07, 6.45) is 4.16. The normalized spacial score (nSPS) is 25.3. The minimum atomic E-state index is 0.319. The van der Waals surface area contributed by atoms with E-state index in [1.165, 1.54) is 12.0 Å². The minimum absolute atomic E-state index is 0.319. The van der Waals surface area contributed by atoms with E-state index in [9.17, 15) is 4.79 Å². The van der Waals surface area contributed by atoms with E-state index in [4.69, 9.17) is 0 Å². The van der Waals surface area contributed by atoms with Crippen molar-refractivity contribution in [2.24, 2.45) is 5.92 Å². The van der Waals surface area contributed by atoms with Gasteiger partial charge in [0.2, 0.25) is 0 Å². The van der Waals surface area contributed by atoms with E-state index in [0.717, 1.165) is 19.3 Å². The quantitative estimate of drug-likeness (QED) is 0.535. The topological polar surface area (TPSA) is 17.1 Å². The van der Waals surface area contributed by atoms with Crippen LogP contribution in [0.4, 0.5) is 0 Å². The van der Waals surface area contributed by atoms with Crippen molar-refractivity contribution in [3.05, 3.63) is 12.2 Å². The zero-order chi connectivity index (χ0) is 7.56. The number of Topliss-reactive ketones (excluding diaryl/α,β-unsaturated/α-hetero) is 1. The molecular weight excluding hydrogens is 124 g/mol. The molecule has 56 valence electrons. The van der Waals surface area contributed by atoms with Crippen molar-refractivity contribution >= 4 is 5.78 Å². The molecule has 1 saturated carbocycles. The molecule has 0 amide bonds. The summed E-state index contributed by atoms with van der Waals surface area (Å²) in [6, 6.07) is 0. The van der Waals surface area contributed by atoms with E-state index in [-0.39, 0.29) is 0 Å². The van der Waals surface area contributed by atoms with Crippen LogP contribution in [0.25, 0.3) is 0 Å². The molecule has 0 N–H and O–H groups in total. The molecule has 1 aliphatic carbocycles. The first-order valence-corrected chi connectivity index (χ1v) is 3.84. The van der Waals surface area contributed by atoms with Gasteiger partial charge in [0, 0.05) is 6.42 Å². The smallest absolute Gasteiger partial charge is 0.130 e. The highest BCUT2D eigenvalue weighted by atomic mass is 16.1. The van der Waals surface area contributed by atoms with Gasteiger partial charge in [-0.05, 0) is 32.1 Å². The lowest BCUT2D eigenvalue weighted by molar-refractivity contribution is -0.117. The van der Waals surface area contributed by atoms with Gasteiger partial charge in [0.15, 0.2) is 0 Å². The molecule has 1 rings (SSSR count). The van der Waals surface area contributed by atoms with Gasteiger partial charge in [0.25, 0.3) is 0 Å². The van der Waals surface area contributed by atoms with Gasteiger partial charge in [-0.15, -0.1) is 0 Å². The molecule has 0 radical (unpaired) electrons. The van der Waals surface area contributed by atoms with Crippen LogP contribution in [0.2, 0.25) is 0 Å². The van der Waals surface area contributed by atoms with E-state index in [2.05, 4.69) is 6.58 Å². The second-order valence-electron chi connectivity index (χ2n) is 3.26. The first-order valence-electron chi connectivity index (χ1n) is 3.84. The van der Waals surface area contributed by atoms with Crippen molar-refractivity contribution in [1.82, 2.24) is 0 Å². The lowest BCUT2D eigenvalue weighted by atomic mass is 10.0. The predicted octanol–water partition coefficient (Wildman–Crippen LogP) is 2.32. The molecule has 1 unspecified atom stereocenters. The Morgan fingerprint density at radius 2 is 2.50 bits per heavy atom. The molecule has 0 spiro atoms. The summed E-state index contributed by atoms with van der Waals surface area (Å²) in [5.74, 6) is 0.935. The van der Waals surface area contributed by atoms with Gasteiger partial charge in [0.1, 0.15) is 5.78 Å². The van der Waals surface area contributed by atoms with Crippen LogP contribution in [0, 0.1) is 5.92 Å².